The fourth-order valence-corrected chi connectivity index (χ4v) is 3.18. The number of ketones is 1. The number of nitriles is 1. The molecule has 0 amide bonds. The van der Waals surface area contributed by atoms with E-state index in [0.29, 0.717) is 22.0 Å². The predicted molar refractivity (Wildman–Crippen MR) is 98.6 cm³/mol. The number of allylic oxidation sites excluding steroid dienone is 1. The van der Waals surface area contributed by atoms with Gasteiger partial charge >= 0.3 is 0 Å². The van der Waals surface area contributed by atoms with Gasteiger partial charge in [-0.2, -0.15) is 10.4 Å². The fourth-order valence-electron chi connectivity index (χ4n) is 2.95. The highest BCUT2D eigenvalue weighted by Gasteiger charge is 2.19. The minimum atomic E-state index is -0.332. The van der Waals surface area contributed by atoms with Gasteiger partial charge in [-0.3, -0.25) is 9.48 Å². The summed E-state index contributed by atoms with van der Waals surface area (Å²) in [4.78, 5) is 16.1. The Balaban J connectivity index is 2.10. The number of benzene rings is 1. The lowest BCUT2D eigenvalue weighted by Crippen LogP contribution is -2.01. The number of halogens is 1. The summed E-state index contributed by atoms with van der Waals surface area (Å²) in [6, 6.07) is 7.82. The summed E-state index contributed by atoms with van der Waals surface area (Å²) in [6.45, 7) is 3.85. The summed E-state index contributed by atoms with van der Waals surface area (Å²) in [6.07, 6.45) is 4.03. The first-order chi connectivity index (χ1) is 12.0. The molecule has 25 heavy (non-hydrogen) atoms. The molecule has 0 aliphatic carbocycles. The van der Waals surface area contributed by atoms with Gasteiger partial charge in [-0.15, -0.1) is 0 Å². The van der Waals surface area contributed by atoms with Gasteiger partial charge in [-0.25, -0.2) is 0 Å². The van der Waals surface area contributed by atoms with Gasteiger partial charge in [0.2, 0.25) is 5.78 Å². The zero-order valence-corrected chi connectivity index (χ0v) is 15.0. The average molecular weight is 353 g/mol. The lowest BCUT2D eigenvalue weighted by Gasteiger charge is -2.01. The topological polar surface area (TPSA) is 74.5 Å². The number of fused-ring (bicyclic) bond motifs is 1. The maximum Gasteiger partial charge on any atom is 0.205 e. The Labute approximate surface area is 150 Å². The van der Waals surface area contributed by atoms with E-state index in [9.17, 15) is 10.1 Å². The minimum absolute atomic E-state index is 0.0285. The van der Waals surface area contributed by atoms with Gasteiger partial charge < -0.3 is 4.98 Å². The third-order valence-electron chi connectivity index (χ3n) is 4.28. The number of carbonyl (C=O) groups is 1. The molecule has 3 aromatic rings. The number of Topliss-reactive ketones (excluding diaryl/α,β-unsaturated/α-hetero) is 1. The first-order valence-electron chi connectivity index (χ1n) is 7.92. The summed E-state index contributed by atoms with van der Waals surface area (Å²) in [7, 11) is 1.71. The van der Waals surface area contributed by atoms with Crippen molar-refractivity contribution in [3.05, 3.63) is 57.5 Å². The fraction of sp³-hybridized carbons (Fsp3) is 0.211. The highest BCUT2D eigenvalue weighted by molar-refractivity contribution is 6.31. The van der Waals surface area contributed by atoms with Crippen molar-refractivity contribution in [1.82, 2.24) is 14.8 Å². The van der Waals surface area contributed by atoms with E-state index < -0.39 is 0 Å². The first kappa shape index (κ1) is 17.0. The maximum absolute atomic E-state index is 12.9. The van der Waals surface area contributed by atoms with E-state index in [1.54, 1.807) is 20.2 Å². The van der Waals surface area contributed by atoms with E-state index >= 15 is 0 Å². The van der Waals surface area contributed by atoms with Crippen molar-refractivity contribution in [2.24, 2.45) is 7.05 Å². The average Bonchev–Trinajstić information content (AvgIpc) is 3.14. The number of carbonyl (C=O) groups excluding carboxylic acids is 1. The largest absolute Gasteiger partial charge is 0.360 e. The second-order valence-electron chi connectivity index (χ2n) is 5.81. The first-order valence-corrected chi connectivity index (χ1v) is 8.30. The second-order valence-corrected chi connectivity index (χ2v) is 6.17. The highest BCUT2D eigenvalue weighted by Crippen LogP contribution is 2.26. The van der Waals surface area contributed by atoms with E-state index in [0.717, 1.165) is 22.9 Å². The van der Waals surface area contributed by atoms with Gasteiger partial charge in [-0.05, 0) is 25.0 Å². The number of nitrogens with one attached hydrogen (secondary N) is 1. The lowest BCUT2D eigenvalue weighted by atomic mass is 10.00. The summed E-state index contributed by atoms with van der Waals surface area (Å²) in [5, 5.41) is 14.9. The molecule has 0 saturated carbocycles. The molecule has 0 unspecified atom stereocenters. The molecule has 0 atom stereocenters. The molecule has 0 bridgehead atoms. The summed E-state index contributed by atoms with van der Waals surface area (Å²) < 4.78 is 1.52. The maximum atomic E-state index is 12.9. The third-order valence-corrected chi connectivity index (χ3v) is 4.73. The SMILES string of the molecule is CCc1cccc2c(C(=O)/C(C#N)=C/c3c(C)nn(C)c3Cl)c[nH]c12. The zero-order chi connectivity index (χ0) is 18.1. The molecule has 3 rings (SSSR count). The van der Waals surface area contributed by atoms with E-state index in [1.165, 1.54) is 10.8 Å². The van der Waals surface area contributed by atoms with Crippen LogP contribution in [0.25, 0.3) is 17.0 Å². The Kier molecular flexibility index (Phi) is 4.47. The van der Waals surface area contributed by atoms with E-state index in [-0.39, 0.29) is 11.4 Å². The molecule has 0 radical (unpaired) electrons. The molecule has 5 nitrogen and oxygen atoms in total. The van der Waals surface area contributed by atoms with Crippen LogP contribution in [-0.4, -0.2) is 20.5 Å². The van der Waals surface area contributed by atoms with Crippen molar-refractivity contribution in [1.29, 1.82) is 5.26 Å². The number of aryl methyl sites for hydroxylation is 3. The van der Waals surface area contributed by atoms with Gasteiger partial charge in [0.15, 0.2) is 0 Å². The molecule has 0 spiro atoms. The monoisotopic (exact) mass is 352 g/mol. The van der Waals surface area contributed by atoms with E-state index in [4.69, 9.17) is 11.6 Å². The molecule has 0 aliphatic rings. The van der Waals surface area contributed by atoms with Crippen LogP contribution in [0.2, 0.25) is 5.15 Å². The summed E-state index contributed by atoms with van der Waals surface area (Å²) in [5.41, 5.74) is 3.83. The normalized spacial score (nSPS) is 11.7. The van der Waals surface area contributed by atoms with Crippen LogP contribution in [0.15, 0.2) is 30.0 Å². The quantitative estimate of drug-likeness (QED) is 0.434. The van der Waals surface area contributed by atoms with Crippen LogP contribution in [0.1, 0.15) is 34.1 Å². The number of aromatic nitrogens is 3. The molecular weight excluding hydrogens is 336 g/mol. The molecular formula is C19H17ClN4O. The van der Waals surface area contributed by atoms with Crippen LogP contribution in [0.4, 0.5) is 0 Å². The zero-order valence-electron chi connectivity index (χ0n) is 14.2. The molecule has 126 valence electrons. The third kappa shape index (κ3) is 2.86. The number of rotatable bonds is 4. The van der Waals surface area contributed by atoms with Gasteiger partial charge in [-0.1, -0.05) is 36.7 Å². The van der Waals surface area contributed by atoms with Crippen LogP contribution in [0.3, 0.4) is 0 Å². The van der Waals surface area contributed by atoms with Gasteiger partial charge in [0.05, 0.1) is 5.69 Å². The Morgan fingerprint density at radius 2 is 2.24 bits per heavy atom. The lowest BCUT2D eigenvalue weighted by molar-refractivity contribution is 0.104. The smallest absolute Gasteiger partial charge is 0.205 e. The molecule has 2 heterocycles. The van der Waals surface area contributed by atoms with Crippen LogP contribution in [-0.2, 0) is 13.5 Å². The summed E-state index contributed by atoms with van der Waals surface area (Å²) in [5.74, 6) is -0.332. The van der Waals surface area contributed by atoms with Crippen LogP contribution in [0, 0.1) is 18.3 Å². The van der Waals surface area contributed by atoms with E-state index in [2.05, 4.69) is 17.0 Å². The van der Waals surface area contributed by atoms with Crippen LogP contribution >= 0.6 is 11.6 Å². The van der Waals surface area contributed by atoms with Crippen molar-refractivity contribution in [2.75, 3.05) is 0 Å². The number of hydrogen-bond acceptors (Lipinski definition) is 3. The predicted octanol–water partition coefficient (Wildman–Crippen LogP) is 4.22. The van der Waals surface area contributed by atoms with Crippen molar-refractivity contribution in [3.8, 4) is 6.07 Å². The van der Waals surface area contributed by atoms with Crippen molar-refractivity contribution >= 4 is 34.4 Å². The molecule has 0 saturated heterocycles. The molecule has 0 fully saturated rings. The number of nitrogens with zero attached hydrogens (tertiary/aromatic N) is 3. The second kappa shape index (κ2) is 6.58. The molecule has 6 heteroatoms. The van der Waals surface area contributed by atoms with Gasteiger partial charge in [0, 0.05) is 35.3 Å². The Bertz CT molecular complexity index is 1050. The minimum Gasteiger partial charge on any atom is -0.360 e. The molecule has 0 aliphatic heterocycles. The Morgan fingerprint density at radius 3 is 2.84 bits per heavy atom. The number of hydrogen-bond donors (Lipinski definition) is 1. The molecule has 1 aromatic carbocycles. The Morgan fingerprint density at radius 1 is 1.48 bits per heavy atom. The van der Waals surface area contributed by atoms with Crippen LogP contribution in [0.5, 0.6) is 0 Å². The number of H-pyrrole nitrogens is 1. The van der Waals surface area contributed by atoms with E-state index in [1.807, 2.05) is 24.3 Å². The van der Waals surface area contributed by atoms with Crippen molar-refractivity contribution in [2.45, 2.75) is 20.3 Å². The number of aromatic amines is 1. The van der Waals surface area contributed by atoms with Gasteiger partial charge in [0.25, 0.3) is 0 Å². The summed E-state index contributed by atoms with van der Waals surface area (Å²) >= 11 is 6.21. The molecule has 1 N–H and O–H groups in total. The molecule has 2 aromatic heterocycles. The number of para-hydroxylation sites is 1. The standard InChI is InChI=1S/C19H17ClN4O/c1-4-12-6-5-7-14-16(10-22-17(12)14)18(25)13(9-21)8-15-11(2)23-24(3)19(15)20/h5-8,10,22H,4H2,1-3H3/b13-8+. The highest BCUT2D eigenvalue weighted by atomic mass is 35.5. The van der Waals surface area contributed by atoms with Crippen LogP contribution < -0.4 is 0 Å². The van der Waals surface area contributed by atoms with Gasteiger partial charge in [0.1, 0.15) is 16.8 Å². The Hall–Kier alpha value is -2.84. The van der Waals surface area contributed by atoms with Crippen molar-refractivity contribution in [3.63, 3.8) is 0 Å². The van der Waals surface area contributed by atoms with Crippen molar-refractivity contribution < 1.29 is 4.79 Å².